The van der Waals surface area contributed by atoms with Crippen molar-refractivity contribution in [1.82, 2.24) is 5.43 Å². The van der Waals surface area contributed by atoms with Gasteiger partial charge in [-0.3, -0.25) is 4.79 Å². The minimum absolute atomic E-state index is 0.476. The van der Waals surface area contributed by atoms with Crippen LogP contribution in [0.15, 0.2) is 35.4 Å². The van der Waals surface area contributed by atoms with E-state index >= 15 is 0 Å². The highest BCUT2D eigenvalue weighted by atomic mass is 16.3. The Hall–Kier alpha value is -1.68. The second kappa shape index (κ2) is 5.59. The van der Waals surface area contributed by atoms with E-state index in [4.69, 9.17) is 0 Å². The van der Waals surface area contributed by atoms with Crippen LogP contribution in [0.4, 0.5) is 0 Å². The third-order valence-corrected chi connectivity index (χ3v) is 2.87. The molecule has 1 aliphatic carbocycles. The molecule has 0 saturated heterocycles. The van der Waals surface area contributed by atoms with Crippen LogP contribution in [0.25, 0.3) is 0 Å². The summed E-state index contributed by atoms with van der Waals surface area (Å²) >= 11 is 0. The number of nitrogens with zero attached hydrogens (tertiary/aromatic N) is 1. The van der Waals surface area contributed by atoms with Gasteiger partial charge >= 0.3 is 0 Å². The van der Waals surface area contributed by atoms with Crippen molar-refractivity contribution in [3.05, 3.63) is 35.9 Å². The molecule has 0 spiro atoms. The van der Waals surface area contributed by atoms with Crippen molar-refractivity contribution >= 4 is 11.6 Å². The maximum atomic E-state index is 11.6. The highest BCUT2D eigenvalue weighted by Crippen LogP contribution is 2.15. The molecular weight excluding hydrogens is 216 g/mol. The van der Waals surface area contributed by atoms with Crippen LogP contribution in [-0.4, -0.2) is 16.7 Å². The number of benzene rings is 1. The van der Waals surface area contributed by atoms with Gasteiger partial charge in [-0.25, -0.2) is 5.43 Å². The molecule has 4 heteroatoms. The summed E-state index contributed by atoms with van der Waals surface area (Å²) in [5.41, 5.74) is 4.01. The fraction of sp³-hybridized carbons (Fsp3) is 0.385. The molecule has 1 fully saturated rings. The van der Waals surface area contributed by atoms with Crippen molar-refractivity contribution in [2.24, 2.45) is 5.10 Å². The van der Waals surface area contributed by atoms with E-state index in [-0.39, 0.29) is 0 Å². The first-order valence-electron chi connectivity index (χ1n) is 5.85. The lowest BCUT2D eigenvalue weighted by Gasteiger charge is -2.09. The van der Waals surface area contributed by atoms with Crippen molar-refractivity contribution in [3.63, 3.8) is 0 Å². The number of carbonyl (C=O) groups excluding carboxylic acids is 1. The van der Waals surface area contributed by atoms with Crippen molar-refractivity contribution in [3.8, 4) is 0 Å². The molecule has 2 rings (SSSR count). The molecule has 1 aromatic rings. The van der Waals surface area contributed by atoms with Crippen LogP contribution < -0.4 is 5.43 Å². The van der Waals surface area contributed by atoms with Crippen LogP contribution in [0.3, 0.4) is 0 Å². The molecule has 0 unspecified atom stereocenters. The molecule has 2 N–H and O–H groups in total. The third-order valence-electron chi connectivity index (χ3n) is 2.87. The summed E-state index contributed by atoms with van der Waals surface area (Å²) in [6.45, 7) is 0. The summed E-state index contributed by atoms with van der Waals surface area (Å²) in [6, 6.07) is 8.84. The van der Waals surface area contributed by atoms with Gasteiger partial charge in [0.2, 0.25) is 0 Å². The minimum Gasteiger partial charge on any atom is -0.378 e. The first-order valence-corrected chi connectivity index (χ1v) is 5.85. The van der Waals surface area contributed by atoms with Gasteiger partial charge in [0.1, 0.15) is 0 Å². The first-order chi connectivity index (χ1) is 8.27. The third kappa shape index (κ3) is 3.14. The van der Waals surface area contributed by atoms with Crippen LogP contribution in [0.5, 0.6) is 0 Å². The average Bonchev–Trinajstić information content (AvgIpc) is 2.89. The number of rotatable bonds is 3. The van der Waals surface area contributed by atoms with Gasteiger partial charge in [-0.1, -0.05) is 30.3 Å². The lowest BCUT2D eigenvalue weighted by atomic mass is 10.1. The predicted molar refractivity (Wildman–Crippen MR) is 65.4 cm³/mol. The zero-order chi connectivity index (χ0) is 12.1. The second-order valence-electron chi connectivity index (χ2n) is 4.17. The van der Waals surface area contributed by atoms with E-state index in [0.717, 1.165) is 31.4 Å². The molecular formula is C13H16N2O2. The van der Waals surface area contributed by atoms with Crippen molar-refractivity contribution < 1.29 is 9.90 Å². The fourth-order valence-electron chi connectivity index (χ4n) is 1.88. The molecule has 0 aliphatic heterocycles. The summed E-state index contributed by atoms with van der Waals surface area (Å²) in [7, 11) is 0. The van der Waals surface area contributed by atoms with Crippen LogP contribution in [0, 0.1) is 0 Å². The summed E-state index contributed by atoms with van der Waals surface area (Å²) in [6.07, 6.45) is 3.01. The standard InChI is InChI=1S/C13H16N2O2/c16-12(10-6-2-1-3-7-10)13(17)15-14-11-8-4-5-9-11/h1-3,6-7,12,16H,4-5,8-9H2,(H,15,17)/t12-/m0/s1. The van der Waals surface area contributed by atoms with Crippen LogP contribution in [-0.2, 0) is 4.79 Å². The van der Waals surface area contributed by atoms with E-state index < -0.39 is 12.0 Å². The van der Waals surface area contributed by atoms with E-state index in [1.165, 1.54) is 0 Å². The van der Waals surface area contributed by atoms with Crippen molar-refractivity contribution in [2.75, 3.05) is 0 Å². The van der Waals surface area contributed by atoms with Gasteiger partial charge in [0, 0.05) is 5.71 Å². The molecule has 1 aliphatic rings. The molecule has 17 heavy (non-hydrogen) atoms. The van der Waals surface area contributed by atoms with E-state index in [9.17, 15) is 9.90 Å². The van der Waals surface area contributed by atoms with Gasteiger partial charge in [0.25, 0.3) is 5.91 Å². The Kier molecular flexibility index (Phi) is 3.88. The van der Waals surface area contributed by atoms with E-state index in [1.54, 1.807) is 24.3 Å². The average molecular weight is 232 g/mol. The topological polar surface area (TPSA) is 61.7 Å². The highest BCUT2D eigenvalue weighted by molar-refractivity contribution is 5.88. The maximum absolute atomic E-state index is 11.6. The molecule has 0 radical (unpaired) electrons. The Morgan fingerprint density at radius 2 is 1.88 bits per heavy atom. The Morgan fingerprint density at radius 3 is 2.53 bits per heavy atom. The smallest absolute Gasteiger partial charge is 0.273 e. The van der Waals surface area contributed by atoms with Crippen LogP contribution in [0.2, 0.25) is 0 Å². The maximum Gasteiger partial charge on any atom is 0.273 e. The molecule has 1 aromatic carbocycles. The number of hydrogen-bond donors (Lipinski definition) is 2. The Bertz CT molecular complexity index is 407. The van der Waals surface area contributed by atoms with Gasteiger partial charge in [0.05, 0.1) is 0 Å². The van der Waals surface area contributed by atoms with Crippen molar-refractivity contribution in [1.29, 1.82) is 0 Å². The largest absolute Gasteiger partial charge is 0.378 e. The SMILES string of the molecule is O=C(NN=C1CCCC1)[C@@H](O)c1ccccc1. The van der Waals surface area contributed by atoms with Gasteiger partial charge < -0.3 is 5.11 Å². The Balaban J connectivity index is 1.94. The predicted octanol–water partition coefficient (Wildman–Crippen LogP) is 1.77. The number of aliphatic hydroxyl groups is 1. The molecule has 90 valence electrons. The summed E-state index contributed by atoms with van der Waals surface area (Å²) in [5, 5.41) is 13.8. The first kappa shape index (κ1) is 11.8. The molecule has 1 saturated carbocycles. The number of hydrogen-bond acceptors (Lipinski definition) is 3. The van der Waals surface area contributed by atoms with Crippen LogP contribution >= 0.6 is 0 Å². The Labute approximate surface area is 100 Å². The molecule has 0 aromatic heterocycles. The lowest BCUT2D eigenvalue weighted by Crippen LogP contribution is -2.25. The molecule has 0 heterocycles. The molecule has 1 amide bonds. The normalized spacial score (nSPS) is 16.6. The Morgan fingerprint density at radius 1 is 1.24 bits per heavy atom. The summed E-state index contributed by atoms with van der Waals surface area (Å²) < 4.78 is 0. The molecule has 1 atom stereocenters. The fourth-order valence-corrected chi connectivity index (χ4v) is 1.88. The van der Waals surface area contributed by atoms with Gasteiger partial charge in [0.15, 0.2) is 6.10 Å². The summed E-state index contributed by atoms with van der Waals surface area (Å²) in [5.74, 6) is -0.476. The number of carbonyl (C=O) groups is 1. The lowest BCUT2D eigenvalue weighted by molar-refractivity contribution is -0.129. The van der Waals surface area contributed by atoms with Crippen molar-refractivity contribution in [2.45, 2.75) is 31.8 Å². The van der Waals surface area contributed by atoms with E-state index in [0.29, 0.717) is 5.56 Å². The van der Waals surface area contributed by atoms with E-state index in [2.05, 4.69) is 10.5 Å². The summed E-state index contributed by atoms with van der Waals surface area (Å²) in [4.78, 5) is 11.6. The highest BCUT2D eigenvalue weighted by Gasteiger charge is 2.17. The van der Waals surface area contributed by atoms with Gasteiger partial charge in [-0.15, -0.1) is 0 Å². The number of nitrogens with one attached hydrogen (secondary N) is 1. The van der Waals surface area contributed by atoms with Crippen LogP contribution in [0.1, 0.15) is 37.4 Å². The monoisotopic (exact) mass is 232 g/mol. The van der Waals surface area contributed by atoms with Gasteiger partial charge in [-0.05, 0) is 31.2 Å². The number of amides is 1. The molecule has 0 bridgehead atoms. The zero-order valence-corrected chi connectivity index (χ0v) is 9.60. The number of hydrazone groups is 1. The quantitative estimate of drug-likeness (QED) is 0.780. The second-order valence-corrected chi connectivity index (χ2v) is 4.17. The van der Waals surface area contributed by atoms with Gasteiger partial charge in [-0.2, -0.15) is 5.10 Å². The zero-order valence-electron chi connectivity index (χ0n) is 9.60. The molecule has 4 nitrogen and oxygen atoms in total. The van der Waals surface area contributed by atoms with E-state index in [1.807, 2.05) is 6.07 Å². The minimum atomic E-state index is -1.15. The number of aliphatic hydroxyl groups excluding tert-OH is 1.